The first-order valence-electron chi connectivity index (χ1n) is 15.3. The number of carboxylic acid groups (broad SMARTS) is 1. The van der Waals surface area contributed by atoms with Gasteiger partial charge in [-0.2, -0.15) is 0 Å². The monoisotopic (exact) mass is 585 g/mol. The van der Waals surface area contributed by atoms with Crippen LogP contribution in [0.3, 0.4) is 0 Å². The van der Waals surface area contributed by atoms with Gasteiger partial charge in [0.15, 0.2) is 17.7 Å². The molecular formula is C36H40FNO5. The standard InChI is InChI=1S/C36H40FNO5/c1-19-23-14-9-15-42-32(23)29(37)16-26(19)30-20(2)27-17-38(34(39)25-13-8-11-22-10-7-12-24(22)25)18-28(27)21(3)31(30)33(35(40)41)43-36(4,5)6/h8,11,13,16,33H,7,9-10,12,14-15,17-18H2,1-6H3,(H,40,41)/t33-/m0/s1. The number of hydrogen-bond acceptors (Lipinski definition) is 4. The predicted octanol–water partition coefficient (Wildman–Crippen LogP) is 7.33. The number of halogens is 1. The van der Waals surface area contributed by atoms with Crippen LogP contribution in [0.25, 0.3) is 11.1 Å². The number of amides is 1. The molecule has 0 radical (unpaired) electrons. The number of aliphatic carboxylic acids is 1. The molecule has 1 amide bonds. The Morgan fingerprint density at radius 3 is 2.35 bits per heavy atom. The number of rotatable bonds is 5. The third-order valence-corrected chi connectivity index (χ3v) is 9.34. The summed E-state index contributed by atoms with van der Waals surface area (Å²) in [5.74, 6) is -1.27. The number of hydrogen-bond donors (Lipinski definition) is 1. The Balaban J connectivity index is 1.54. The summed E-state index contributed by atoms with van der Waals surface area (Å²) in [7, 11) is 0. The molecule has 0 aromatic heterocycles. The molecule has 0 unspecified atom stereocenters. The van der Waals surface area contributed by atoms with E-state index in [4.69, 9.17) is 9.47 Å². The van der Waals surface area contributed by atoms with Gasteiger partial charge in [0.05, 0.1) is 12.2 Å². The third-order valence-electron chi connectivity index (χ3n) is 9.34. The van der Waals surface area contributed by atoms with Gasteiger partial charge in [-0.3, -0.25) is 4.79 Å². The average molecular weight is 586 g/mol. The second-order valence-electron chi connectivity index (χ2n) is 13.2. The van der Waals surface area contributed by atoms with Gasteiger partial charge in [0.1, 0.15) is 0 Å². The van der Waals surface area contributed by atoms with Crippen molar-refractivity contribution in [1.29, 1.82) is 0 Å². The summed E-state index contributed by atoms with van der Waals surface area (Å²) in [6.07, 6.45) is 3.15. The highest BCUT2D eigenvalue weighted by Gasteiger charge is 2.38. The van der Waals surface area contributed by atoms with Gasteiger partial charge >= 0.3 is 5.97 Å². The lowest BCUT2D eigenvalue weighted by atomic mass is 9.81. The molecule has 226 valence electrons. The summed E-state index contributed by atoms with van der Waals surface area (Å²) in [4.78, 5) is 28.7. The van der Waals surface area contributed by atoms with E-state index in [1.165, 1.54) is 11.6 Å². The van der Waals surface area contributed by atoms with Crippen LogP contribution < -0.4 is 4.74 Å². The zero-order valence-electron chi connectivity index (χ0n) is 25.9. The number of fused-ring (bicyclic) bond motifs is 3. The number of aryl methyl sites for hydroxylation is 1. The molecule has 7 heteroatoms. The molecule has 0 saturated heterocycles. The smallest absolute Gasteiger partial charge is 0.337 e. The Labute approximate surface area is 252 Å². The molecule has 0 spiro atoms. The second kappa shape index (κ2) is 10.8. The van der Waals surface area contributed by atoms with Crippen molar-refractivity contribution in [3.05, 3.63) is 85.7 Å². The first kappa shape index (κ1) is 29.4. The zero-order chi connectivity index (χ0) is 30.8. The van der Waals surface area contributed by atoms with Gasteiger partial charge in [0.2, 0.25) is 0 Å². The van der Waals surface area contributed by atoms with Crippen LogP contribution in [-0.2, 0) is 41.9 Å². The SMILES string of the molecule is Cc1c(-c2c(C)c3c(c(C)c2[C@H](OC(C)(C)C)C(=O)O)CN(C(=O)c2cccc4c2CCC4)C3)cc(F)c2c1CCCO2. The van der Waals surface area contributed by atoms with Gasteiger partial charge in [-0.25, -0.2) is 9.18 Å². The molecule has 1 aliphatic carbocycles. The molecule has 2 aliphatic heterocycles. The van der Waals surface area contributed by atoms with Crippen LogP contribution >= 0.6 is 0 Å². The highest BCUT2D eigenvalue weighted by atomic mass is 19.1. The summed E-state index contributed by atoms with van der Waals surface area (Å²) in [6.45, 7) is 12.6. The fourth-order valence-corrected chi connectivity index (χ4v) is 7.33. The molecule has 0 fully saturated rings. The number of nitrogens with zero attached hydrogens (tertiary/aromatic N) is 1. The predicted molar refractivity (Wildman–Crippen MR) is 163 cm³/mol. The lowest BCUT2D eigenvalue weighted by Crippen LogP contribution is -2.29. The maximum absolute atomic E-state index is 15.6. The first-order chi connectivity index (χ1) is 20.4. The van der Waals surface area contributed by atoms with Crippen LogP contribution in [0.5, 0.6) is 5.75 Å². The minimum atomic E-state index is -1.28. The van der Waals surface area contributed by atoms with Crippen molar-refractivity contribution in [3.63, 3.8) is 0 Å². The highest BCUT2D eigenvalue weighted by Crippen LogP contribution is 2.47. The fraction of sp³-hybridized carbons (Fsp3) is 0.444. The van der Waals surface area contributed by atoms with Crippen LogP contribution in [0.4, 0.5) is 4.39 Å². The van der Waals surface area contributed by atoms with Crippen molar-refractivity contribution < 1.29 is 28.6 Å². The van der Waals surface area contributed by atoms with Gasteiger partial charge in [-0.05, 0) is 136 Å². The molecule has 1 N–H and O–H groups in total. The van der Waals surface area contributed by atoms with Gasteiger partial charge in [0, 0.05) is 29.8 Å². The Bertz CT molecular complexity index is 1670. The number of ether oxygens (including phenoxy) is 2. The first-order valence-corrected chi connectivity index (χ1v) is 15.3. The molecule has 0 bridgehead atoms. The van der Waals surface area contributed by atoms with Crippen molar-refractivity contribution in [1.82, 2.24) is 4.90 Å². The number of benzene rings is 3. The van der Waals surface area contributed by atoms with Crippen LogP contribution in [-0.4, -0.2) is 34.1 Å². The quantitative estimate of drug-likeness (QED) is 0.339. The molecule has 1 atom stereocenters. The van der Waals surface area contributed by atoms with Crippen molar-refractivity contribution in [2.75, 3.05) is 6.61 Å². The van der Waals surface area contributed by atoms with E-state index in [0.717, 1.165) is 70.2 Å². The summed E-state index contributed by atoms with van der Waals surface area (Å²) in [6, 6.07) is 7.48. The van der Waals surface area contributed by atoms with Gasteiger partial charge in [0.25, 0.3) is 5.91 Å². The molecule has 2 heterocycles. The van der Waals surface area contributed by atoms with Crippen molar-refractivity contribution in [2.45, 2.75) is 98.4 Å². The summed E-state index contributed by atoms with van der Waals surface area (Å²) in [5.41, 5.74) is 9.50. The maximum Gasteiger partial charge on any atom is 0.337 e. The summed E-state index contributed by atoms with van der Waals surface area (Å²) in [5, 5.41) is 10.5. The van der Waals surface area contributed by atoms with Gasteiger partial charge in [-0.15, -0.1) is 0 Å². The maximum atomic E-state index is 15.6. The van der Waals surface area contributed by atoms with Gasteiger partial charge < -0.3 is 19.5 Å². The van der Waals surface area contributed by atoms with Crippen molar-refractivity contribution in [2.24, 2.45) is 0 Å². The molecule has 3 aliphatic rings. The van der Waals surface area contributed by atoms with Gasteiger partial charge in [-0.1, -0.05) is 12.1 Å². The Hall–Kier alpha value is -3.71. The van der Waals surface area contributed by atoms with E-state index in [-0.39, 0.29) is 11.7 Å². The van der Waals surface area contributed by atoms with Crippen molar-refractivity contribution in [3.8, 4) is 16.9 Å². The molecule has 3 aromatic carbocycles. The summed E-state index contributed by atoms with van der Waals surface area (Å²) < 4.78 is 27.5. The van der Waals surface area contributed by atoms with E-state index in [1.807, 2.05) is 58.6 Å². The fourth-order valence-electron chi connectivity index (χ4n) is 7.33. The van der Waals surface area contributed by atoms with Crippen LogP contribution in [0.1, 0.15) is 100 Å². The van der Waals surface area contributed by atoms with Crippen LogP contribution in [0, 0.1) is 26.6 Å². The van der Waals surface area contributed by atoms with E-state index < -0.39 is 23.5 Å². The minimum absolute atomic E-state index is 0.00858. The molecule has 0 saturated carbocycles. The Kier molecular flexibility index (Phi) is 7.36. The highest BCUT2D eigenvalue weighted by molar-refractivity contribution is 5.97. The summed E-state index contributed by atoms with van der Waals surface area (Å²) >= 11 is 0. The van der Waals surface area contributed by atoms with E-state index in [0.29, 0.717) is 42.8 Å². The average Bonchev–Trinajstić information content (AvgIpc) is 3.63. The normalized spacial score (nSPS) is 16.4. The van der Waals surface area contributed by atoms with E-state index in [9.17, 15) is 14.7 Å². The Morgan fingerprint density at radius 2 is 1.65 bits per heavy atom. The second-order valence-corrected chi connectivity index (χ2v) is 13.2. The number of carboxylic acids is 1. The van der Waals surface area contributed by atoms with Crippen LogP contribution in [0.15, 0.2) is 24.3 Å². The van der Waals surface area contributed by atoms with Crippen molar-refractivity contribution >= 4 is 11.9 Å². The number of carbonyl (C=O) groups excluding carboxylic acids is 1. The lowest BCUT2D eigenvalue weighted by Gasteiger charge is -2.31. The molecule has 43 heavy (non-hydrogen) atoms. The molecule has 6 nitrogen and oxygen atoms in total. The van der Waals surface area contributed by atoms with E-state index >= 15 is 4.39 Å². The lowest BCUT2D eigenvalue weighted by molar-refractivity contribution is -0.160. The van der Waals surface area contributed by atoms with E-state index in [1.54, 1.807) is 0 Å². The Morgan fingerprint density at radius 1 is 0.953 bits per heavy atom. The number of carbonyl (C=O) groups is 2. The largest absolute Gasteiger partial charge is 0.490 e. The molecule has 6 rings (SSSR count). The van der Waals surface area contributed by atoms with E-state index in [2.05, 4.69) is 6.07 Å². The third kappa shape index (κ3) is 5.01. The van der Waals surface area contributed by atoms with Crippen LogP contribution in [0.2, 0.25) is 0 Å². The molecular weight excluding hydrogens is 545 g/mol. The minimum Gasteiger partial charge on any atom is -0.490 e. The topological polar surface area (TPSA) is 76.1 Å². The molecule has 3 aromatic rings. The zero-order valence-corrected chi connectivity index (χ0v) is 25.9.